The summed E-state index contributed by atoms with van der Waals surface area (Å²) >= 11 is 12.5. The molecule has 40 heavy (non-hydrogen) atoms. The monoisotopic (exact) mass is 578 g/mol. The first-order valence-corrected chi connectivity index (χ1v) is 14.6. The van der Waals surface area contributed by atoms with Crippen molar-refractivity contribution < 1.29 is 9.53 Å². The van der Waals surface area contributed by atoms with Gasteiger partial charge < -0.3 is 15.0 Å². The second-order valence-electron chi connectivity index (χ2n) is 11.2. The lowest BCUT2D eigenvalue weighted by atomic mass is 9.86. The van der Waals surface area contributed by atoms with Gasteiger partial charge in [0.1, 0.15) is 17.6 Å². The van der Waals surface area contributed by atoms with Crippen LogP contribution in [0.3, 0.4) is 0 Å². The minimum absolute atomic E-state index is 0.0597. The van der Waals surface area contributed by atoms with Gasteiger partial charge in [0.15, 0.2) is 0 Å². The molecule has 8 heteroatoms. The van der Waals surface area contributed by atoms with Crippen molar-refractivity contribution in [3.8, 4) is 5.75 Å². The Morgan fingerprint density at radius 3 is 2.12 bits per heavy atom. The largest absolute Gasteiger partial charge is 0.493 e. The fourth-order valence-electron chi connectivity index (χ4n) is 5.31. The smallest absolute Gasteiger partial charge is 0.326 e. The first-order chi connectivity index (χ1) is 19.2. The summed E-state index contributed by atoms with van der Waals surface area (Å²) in [6.07, 6.45) is 0. The van der Waals surface area contributed by atoms with Crippen LogP contribution in [0.25, 0.3) is 0 Å². The number of benzene rings is 3. The molecular weight excluding hydrogens is 543 g/mol. The Labute approximate surface area is 246 Å². The third-order valence-corrected chi connectivity index (χ3v) is 7.98. The minimum atomic E-state index is -0.382. The lowest BCUT2D eigenvalue weighted by molar-refractivity contribution is 0.157. The van der Waals surface area contributed by atoms with Gasteiger partial charge >= 0.3 is 6.03 Å². The topological polar surface area (TPSA) is 57.2 Å². The zero-order chi connectivity index (χ0) is 28.4. The van der Waals surface area contributed by atoms with E-state index in [1.54, 1.807) is 0 Å². The Hall–Kier alpha value is -3.06. The van der Waals surface area contributed by atoms with Crippen LogP contribution >= 0.6 is 23.2 Å². The number of urea groups is 1. The minimum Gasteiger partial charge on any atom is -0.493 e. The summed E-state index contributed by atoms with van der Waals surface area (Å²) in [4.78, 5) is 23.5. The first-order valence-electron chi connectivity index (χ1n) is 13.8. The molecular formula is C32H36Cl2N4O2. The Balaban J connectivity index is 1.71. The molecule has 0 aliphatic carbocycles. The molecule has 2 unspecified atom stereocenters. The molecule has 0 radical (unpaired) electrons. The number of carbonyl (C=O) groups is 1. The molecule has 2 aliphatic rings. The number of hydrogen-bond acceptors (Lipinski definition) is 4. The van der Waals surface area contributed by atoms with Gasteiger partial charge in [-0.25, -0.2) is 4.79 Å². The molecule has 0 spiro atoms. The fourth-order valence-corrected chi connectivity index (χ4v) is 5.56. The van der Waals surface area contributed by atoms with Gasteiger partial charge in [-0.2, -0.15) is 0 Å². The highest BCUT2D eigenvalue weighted by molar-refractivity contribution is 6.30. The van der Waals surface area contributed by atoms with Gasteiger partial charge in [0.2, 0.25) is 0 Å². The van der Waals surface area contributed by atoms with Crippen molar-refractivity contribution in [3.05, 3.63) is 99.0 Å². The third-order valence-electron chi connectivity index (χ3n) is 7.47. The molecule has 2 heterocycles. The molecule has 1 saturated heterocycles. The highest BCUT2D eigenvalue weighted by atomic mass is 35.5. The molecule has 5 rings (SSSR count). The van der Waals surface area contributed by atoms with E-state index in [-0.39, 0.29) is 23.5 Å². The second kappa shape index (κ2) is 11.8. The van der Waals surface area contributed by atoms with E-state index in [2.05, 4.69) is 38.2 Å². The predicted molar refractivity (Wildman–Crippen MR) is 163 cm³/mol. The molecule has 2 aliphatic heterocycles. The normalized spacial score (nSPS) is 19.5. The van der Waals surface area contributed by atoms with E-state index in [1.165, 1.54) is 0 Å². The van der Waals surface area contributed by atoms with E-state index in [4.69, 9.17) is 32.9 Å². The molecule has 3 aromatic rings. The lowest BCUT2D eigenvalue weighted by Crippen LogP contribution is -2.53. The average Bonchev–Trinajstić information content (AvgIpc) is 3.34. The van der Waals surface area contributed by atoms with Crippen LogP contribution in [0.2, 0.25) is 10.0 Å². The molecule has 2 amide bonds. The number of carbonyl (C=O) groups excluding carboxylic acids is 1. The van der Waals surface area contributed by atoms with Crippen LogP contribution in [0.1, 0.15) is 62.0 Å². The average molecular weight is 580 g/mol. The number of rotatable bonds is 5. The number of nitrogens with one attached hydrogen (secondary N) is 1. The molecule has 0 aromatic heterocycles. The number of ether oxygens (including phenoxy) is 1. The van der Waals surface area contributed by atoms with Gasteiger partial charge in [0.25, 0.3) is 0 Å². The number of nitrogens with zero attached hydrogens (tertiary/aromatic N) is 3. The van der Waals surface area contributed by atoms with Crippen molar-refractivity contribution >= 4 is 35.1 Å². The van der Waals surface area contributed by atoms with Crippen LogP contribution in [-0.4, -0.2) is 54.5 Å². The molecule has 0 saturated carbocycles. The number of amides is 2. The standard InChI is InChI=1S/C32H36Cl2N4O2/c1-5-40-27-20-23(32(2,3)4)10-15-26(27)30-36-28(21-6-11-24(33)12-7-21)29(22-8-13-25(34)14-9-22)38(30)31(39)37-18-16-35-17-19-37/h6-15,20,28-29,35H,5,16-19H2,1-4H3. The van der Waals surface area contributed by atoms with Crippen molar-refractivity contribution in [2.45, 2.75) is 45.2 Å². The summed E-state index contributed by atoms with van der Waals surface area (Å²) in [5.41, 5.74) is 3.82. The molecule has 1 fully saturated rings. The first kappa shape index (κ1) is 28.5. The highest BCUT2D eigenvalue weighted by Crippen LogP contribution is 2.45. The number of aliphatic imine (C=N–C) groups is 1. The van der Waals surface area contributed by atoms with E-state index in [9.17, 15) is 4.79 Å². The van der Waals surface area contributed by atoms with Gasteiger partial charge in [-0.1, -0.05) is 74.3 Å². The van der Waals surface area contributed by atoms with Crippen molar-refractivity contribution in [1.82, 2.24) is 15.1 Å². The van der Waals surface area contributed by atoms with Crippen molar-refractivity contribution in [2.75, 3.05) is 32.8 Å². The van der Waals surface area contributed by atoms with E-state index in [0.717, 1.165) is 41.1 Å². The second-order valence-corrected chi connectivity index (χ2v) is 12.1. The quantitative estimate of drug-likeness (QED) is 0.346. The Morgan fingerprint density at radius 1 is 0.950 bits per heavy atom. The van der Waals surface area contributed by atoms with E-state index >= 15 is 0 Å². The summed E-state index contributed by atoms with van der Waals surface area (Å²) in [6, 6.07) is 20.9. The molecule has 1 N–H and O–H groups in total. The molecule has 3 aromatic carbocycles. The maximum atomic E-state index is 14.4. The summed E-state index contributed by atoms with van der Waals surface area (Å²) in [5, 5.41) is 4.64. The van der Waals surface area contributed by atoms with Gasteiger partial charge in [0.05, 0.1) is 18.2 Å². The molecule has 0 bridgehead atoms. The van der Waals surface area contributed by atoms with E-state index < -0.39 is 0 Å². The number of piperazine rings is 1. The SMILES string of the molecule is CCOc1cc(C(C)(C)C)ccc1C1=NC(c2ccc(Cl)cc2)C(c2ccc(Cl)cc2)N1C(=O)N1CCNCC1. The summed E-state index contributed by atoms with van der Waals surface area (Å²) in [5.74, 6) is 1.32. The van der Waals surface area contributed by atoms with Crippen LogP contribution in [0.15, 0.2) is 71.7 Å². The van der Waals surface area contributed by atoms with Crippen molar-refractivity contribution in [3.63, 3.8) is 0 Å². The maximum Gasteiger partial charge on any atom is 0.326 e. The number of hydrogen-bond donors (Lipinski definition) is 1. The van der Waals surface area contributed by atoms with Crippen LogP contribution in [0, 0.1) is 0 Å². The summed E-state index contributed by atoms with van der Waals surface area (Å²) in [7, 11) is 0. The summed E-state index contributed by atoms with van der Waals surface area (Å²) < 4.78 is 6.19. The van der Waals surface area contributed by atoms with Gasteiger partial charge in [-0.15, -0.1) is 0 Å². The van der Waals surface area contributed by atoms with Gasteiger partial charge in [-0.05, 0) is 65.4 Å². The lowest BCUT2D eigenvalue weighted by Gasteiger charge is -2.36. The Kier molecular flexibility index (Phi) is 8.41. The van der Waals surface area contributed by atoms with E-state index in [1.807, 2.05) is 71.3 Å². The predicted octanol–water partition coefficient (Wildman–Crippen LogP) is 7.26. The zero-order valence-electron chi connectivity index (χ0n) is 23.5. The number of halogens is 2. The molecule has 2 atom stereocenters. The molecule has 6 nitrogen and oxygen atoms in total. The van der Waals surface area contributed by atoms with Crippen LogP contribution in [0.4, 0.5) is 4.79 Å². The maximum absolute atomic E-state index is 14.4. The van der Waals surface area contributed by atoms with Crippen LogP contribution < -0.4 is 10.1 Å². The van der Waals surface area contributed by atoms with Gasteiger partial charge in [0, 0.05) is 36.2 Å². The highest BCUT2D eigenvalue weighted by Gasteiger charge is 2.44. The van der Waals surface area contributed by atoms with Crippen LogP contribution in [0.5, 0.6) is 5.75 Å². The van der Waals surface area contributed by atoms with Crippen molar-refractivity contribution in [2.24, 2.45) is 4.99 Å². The number of amidine groups is 1. The van der Waals surface area contributed by atoms with Gasteiger partial charge in [-0.3, -0.25) is 9.89 Å². The Bertz CT molecular complexity index is 1380. The zero-order valence-corrected chi connectivity index (χ0v) is 25.0. The summed E-state index contributed by atoms with van der Waals surface area (Å²) in [6.45, 7) is 11.8. The Morgan fingerprint density at radius 2 is 1.55 bits per heavy atom. The fraction of sp³-hybridized carbons (Fsp3) is 0.375. The third kappa shape index (κ3) is 5.85. The van der Waals surface area contributed by atoms with Crippen molar-refractivity contribution in [1.29, 1.82) is 0 Å². The van der Waals surface area contributed by atoms with Crippen LogP contribution in [-0.2, 0) is 5.41 Å². The molecule has 210 valence electrons. The van der Waals surface area contributed by atoms with E-state index in [0.29, 0.717) is 35.6 Å².